The summed E-state index contributed by atoms with van der Waals surface area (Å²) in [6.45, 7) is 18.6. The summed E-state index contributed by atoms with van der Waals surface area (Å²) in [5, 5.41) is 0.0584. The van der Waals surface area contributed by atoms with Crippen molar-refractivity contribution in [1.29, 1.82) is 0 Å². The summed E-state index contributed by atoms with van der Waals surface area (Å²) in [4.78, 5) is 28.6. The van der Waals surface area contributed by atoms with Gasteiger partial charge in [-0.25, -0.2) is 4.79 Å². The molecule has 1 saturated heterocycles. The molecule has 2 heterocycles. The molecule has 5 nitrogen and oxygen atoms in total. The van der Waals surface area contributed by atoms with Crippen LogP contribution in [0.5, 0.6) is 0 Å². The van der Waals surface area contributed by atoms with Gasteiger partial charge in [0.25, 0.3) is 0 Å². The second-order valence-corrected chi connectivity index (χ2v) is 15.9. The standard InChI is InChI=1S/C25H35NO4SSi/c1-9-29-24(28)21-22(31-15-18-13-11-10-12-14-18)16(2)20-19(23(27)26(20)21)17(3)30-32(7,8)25(4,5)6/h9-14,16-17,19-20H,1,15H2,2-8H3. The largest absolute Gasteiger partial charge is 0.430 e. The fourth-order valence-electron chi connectivity index (χ4n) is 4.27. The Morgan fingerprint density at radius 1 is 1.28 bits per heavy atom. The Morgan fingerprint density at radius 3 is 2.47 bits per heavy atom. The zero-order valence-corrected chi connectivity index (χ0v) is 22.0. The quantitative estimate of drug-likeness (QED) is 0.210. The van der Waals surface area contributed by atoms with Gasteiger partial charge in [-0.1, -0.05) is 64.6 Å². The minimum Gasteiger partial charge on any atom is -0.430 e. The van der Waals surface area contributed by atoms with E-state index in [-0.39, 0.29) is 34.9 Å². The van der Waals surface area contributed by atoms with E-state index in [4.69, 9.17) is 9.16 Å². The number of esters is 1. The van der Waals surface area contributed by atoms with E-state index >= 15 is 0 Å². The number of fused-ring (bicyclic) bond motifs is 1. The molecule has 4 atom stereocenters. The van der Waals surface area contributed by atoms with Crippen LogP contribution in [0.2, 0.25) is 18.1 Å². The maximum atomic E-state index is 13.3. The zero-order chi connectivity index (χ0) is 23.8. The van der Waals surface area contributed by atoms with Gasteiger partial charge in [-0.15, -0.1) is 11.8 Å². The van der Waals surface area contributed by atoms with Crippen LogP contribution >= 0.6 is 11.8 Å². The minimum atomic E-state index is -2.03. The topological polar surface area (TPSA) is 55.8 Å². The molecule has 0 aromatic heterocycles. The van der Waals surface area contributed by atoms with Gasteiger partial charge in [0, 0.05) is 16.6 Å². The van der Waals surface area contributed by atoms with E-state index in [1.165, 1.54) is 5.56 Å². The normalized spacial score (nSPS) is 24.2. The van der Waals surface area contributed by atoms with Crippen LogP contribution in [0.4, 0.5) is 0 Å². The van der Waals surface area contributed by atoms with Crippen LogP contribution in [-0.4, -0.2) is 37.2 Å². The van der Waals surface area contributed by atoms with Gasteiger partial charge in [-0.3, -0.25) is 4.79 Å². The first-order valence-corrected chi connectivity index (χ1v) is 15.0. The van der Waals surface area contributed by atoms with Crippen molar-refractivity contribution >= 4 is 32.0 Å². The van der Waals surface area contributed by atoms with Gasteiger partial charge in [0.1, 0.15) is 5.70 Å². The smallest absolute Gasteiger partial charge is 0.360 e. The van der Waals surface area contributed by atoms with Gasteiger partial charge in [-0.05, 0) is 30.6 Å². The maximum Gasteiger partial charge on any atom is 0.360 e. The van der Waals surface area contributed by atoms with Crippen LogP contribution in [0.15, 0.2) is 53.8 Å². The number of benzene rings is 1. The van der Waals surface area contributed by atoms with Gasteiger partial charge in [0.05, 0.1) is 24.3 Å². The van der Waals surface area contributed by atoms with Crippen LogP contribution in [0.1, 0.15) is 40.2 Å². The van der Waals surface area contributed by atoms with Crippen molar-refractivity contribution in [2.45, 2.75) is 70.6 Å². The summed E-state index contributed by atoms with van der Waals surface area (Å²) in [5.41, 5.74) is 1.53. The van der Waals surface area contributed by atoms with E-state index in [2.05, 4.69) is 59.5 Å². The van der Waals surface area contributed by atoms with Gasteiger partial charge in [0.2, 0.25) is 5.91 Å². The van der Waals surface area contributed by atoms with Crippen molar-refractivity contribution in [1.82, 2.24) is 4.90 Å². The molecule has 1 aromatic carbocycles. The fraction of sp³-hybridized carbons (Fsp3) is 0.520. The summed E-state index contributed by atoms with van der Waals surface area (Å²) >= 11 is 1.61. The van der Waals surface area contributed by atoms with Crippen molar-refractivity contribution < 1.29 is 18.8 Å². The van der Waals surface area contributed by atoms with E-state index in [0.717, 1.165) is 16.9 Å². The first-order valence-electron chi connectivity index (χ1n) is 11.1. The Balaban J connectivity index is 1.85. The van der Waals surface area contributed by atoms with Crippen molar-refractivity contribution in [3.05, 3.63) is 59.3 Å². The molecule has 0 N–H and O–H groups in total. The molecule has 0 bridgehead atoms. The molecule has 0 saturated carbocycles. The number of thioether (sulfide) groups is 1. The predicted molar refractivity (Wildman–Crippen MR) is 132 cm³/mol. The van der Waals surface area contributed by atoms with Gasteiger partial charge in [0.15, 0.2) is 8.32 Å². The lowest BCUT2D eigenvalue weighted by Crippen LogP contribution is -2.65. The first-order chi connectivity index (χ1) is 14.9. The van der Waals surface area contributed by atoms with E-state index < -0.39 is 14.3 Å². The monoisotopic (exact) mass is 473 g/mol. The molecule has 0 radical (unpaired) electrons. The molecule has 7 heteroatoms. The van der Waals surface area contributed by atoms with Gasteiger partial charge >= 0.3 is 5.97 Å². The summed E-state index contributed by atoms with van der Waals surface area (Å²) in [6, 6.07) is 10.0. The summed E-state index contributed by atoms with van der Waals surface area (Å²) in [5.74, 6) is -0.0836. The lowest BCUT2D eigenvalue weighted by Gasteiger charge is -2.50. The highest BCUT2D eigenvalue weighted by Crippen LogP contribution is 2.52. The number of hydrogen-bond acceptors (Lipinski definition) is 5. The number of rotatable bonds is 8. The van der Waals surface area contributed by atoms with Crippen LogP contribution in [0.3, 0.4) is 0 Å². The molecule has 1 aromatic rings. The third-order valence-corrected chi connectivity index (χ3v) is 12.9. The second kappa shape index (κ2) is 9.19. The number of hydrogen-bond donors (Lipinski definition) is 0. The molecule has 0 aliphatic carbocycles. The Bertz CT molecular complexity index is 922. The lowest BCUT2D eigenvalue weighted by atomic mass is 9.79. The summed E-state index contributed by atoms with van der Waals surface area (Å²) in [6.07, 6.45) is 0.916. The van der Waals surface area contributed by atoms with Gasteiger partial charge < -0.3 is 14.1 Å². The Labute approximate surface area is 197 Å². The average Bonchev–Trinajstić information content (AvgIpc) is 2.94. The number of carbonyl (C=O) groups excluding carboxylic acids is 2. The maximum absolute atomic E-state index is 13.3. The van der Waals surface area contributed by atoms with Gasteiger partial charge in [-0.2, -0.15) is 0 Å². The van der Waals surface area contributed by atoms with E-state index in [9.17, 15) is 9.59 Å². The van der Waals surface area contributed by atoms with Crippen LogP contribution in [0.25, 0.3) is 0 Å². The van der Waals surface area contributed by atoms with Crippen LogP contribution in [0, 0.1) is 11.8 Å². The summed E-state index contributed by atoms with van der Waals surface area (Å²) < 4.78 is 11.7. The van der Waals surface area contributed by atoms with Crippen molar-refractivity contribution in [3.8, 4) is 0 Å². The predicted octanol–water partition coefficient (Wildman–Crippen LogP) is 5.71. The van der Waals surface area contributed by atoms with Crippen LogP contribution in [-0.2, 0) is 24.5 Å². The van der Waals surface area contributed by atoms with Crippen LogP contribution < -0.4 is 0 Å². The Morgan fingerprint density at radius 2 is 1.91 bits per heavy atom. The number of β-lactam (4-membered cyclic amide) rings is 1. The van der Waals surface area contributed by atoms with Crippen molar-refractivity contribution in [2.75, 3.05) is 0 Å². The molecular formula is C25H35NO4SSi. The molecule has 2 aliphatic heterocycles. The third kappa shape index (κ3) is 4.47. The Hall–Kier alpha value is -1.83. The molecule has 0 spiro atoms. The molecular weight excluding hydrogens is 438 g/mol. The molecule has 3 rings (SSSR count). The summed E-state index contributed by atoms with van der Waals surface area (Å²) in [7, 11) is -2.03. The molecule has 174 valence electrons. The van der Waals surface area contributed by atoms with E-state index in [1.54, 1.807) is 16.7 Å². The van der Waals surface area contributed by atoms with E-state index in [1.807, 2.05) is 25.1 Å². The molecule has 4 unspecified atom stereocenters. The zero-order valence-electron chi connectivity index (χ0n) is 20.2. The minimum absolute atomic E-state index is 0.0317. The molecule has 1 fully saturated rings. The van der Waals surface area contributed by atoms with E-state index in [0.29, 0.717) is 5.70 Å². The highest BCUT2D eigenvalue weighted by atomic mass is 32.2. The fourth-order valence-corrected chi connectivity index (χ4v) is 6.94. The number of carbonyl (C=O) groups is 2. The van der Waals surface area contributed by atoms with Crippen molar-refractivity contribution in [3.63, 3.8) is 0 Å². The molecule has 32 heavy (non-hydrogen) atoms. The molecule has 1 amide bonds. The number of nitrogens with zero attached hydrogens (tertiary/aromatic N) is 1. The Kier molecular flexibility index (Phi) is 7.13. The first kappa shape index (κ1) is 24.8. The molecule has 2 aliphatic rings. The third-order valence-electron chi connectivity index (χ3n) is 7.00. The lowest BCUT2D eigenvalue weighted by molar-refractivity contribution is -0.162. The number of amides is 1. The number of ether oxygens (including phenoxy) is 1. The SMILES string of the molecule is C=COC(=O)C1=C(SCc2ccccc2)C(C)C2C(C(C)O[Si](C)(C)C(C)(C)C)C(=O)N12. The second-order valence-electron chi connectivity index (χ2n) is 10.2. The highest BCUT2D eigenvalue weighted by molar-refractivity contribution is 8.02. The highest BCUT2D eigenvalue weighted by Gasteiger charge is 2.61. The average molecular weight is 474 g/mol. The van der Waals surface area contributed by atoms with Crippen molar-refractivity contribution in [2.24, 2.45) is 11.8 Å².